The molecule has 0 aliphatic carbocycles. The summed E-state index contributed by atoms with van der Waals surface area (Å²) in [4.78, 5) is 1.29. The van der Waals surface area contributed by atoms with E-state index in [1.165, 1.54) is 42.8 Å². The summed E-state index contributed by atoms with van der Waals surface area (Å²) in [6.45, 7) is 4.26. The average molecular weight is 406 g/mol. The molecule has 5 rings (SSSR count). The topological polar surface area (TPSA) is 26.0 Å². The van der Waals surface area contributed by atoms with E-state index in [4.69, 9.17) is 5.73 Å². The average Bonchev–Trinajstić information content (AvgIpc) is 3.15. The zero-order valence-electron chi connectivity index (χ0n) is 17.1. The molecule has 5 aromatic rings. The first-order chi connectivity index (χ1) is 14.6. The van der Waals surface area contributed by atoms with Gasteiger partial charge in [0.2, 0.25) is 0 Å². The Bertz CT molecular complexity index is 1330. The van der Waals surface area contributed by atoms with Crippen molar-refractivity contribution in [2.24, 2.45) is 0 Å². The van der Waals surface area contributed by atoms with E-state index in [1.54, 1.807) is 0 Å². The van der Waals surface area contributed by atoms with Gasteiger partial charge in [0.25, 0.3) is 0 Å². The number of anilines is 1. The van der Waals surface area contributed by atoms with Gasteiger partial charge in [0.05, 0.1) is 0 Å². The Morgan fingerprint density at radius 2 is 1.13 bits per heavy atom. The second-order valence-corrected chi connectivity index (χ2v) is 8.86. The Hall–Kier alpha value is -3.36. The lowest BCUT2D eigenvalue weighted by Gasteiger charge is -2.12. The summed E-state index contributed by atoms with van der Waals surface area (Å²) in [5, 5.41) is 1.24. The van der Waals surface area contributed by atoms with Crippen LogP contribution in [0.4, 0.5) is 5.69 Å². The fourth-order valence-corrected chi connectivity index (χ4v) is 5.27. The van der Waals surface area contributed by atoms with Crippen molar-refractivity contribution >= 4 is 27.1 Å². The molecule has 0 unspecified atom stereocenters. The molecule has 1 nitrogen and oxygen atoms in total. The lowest BCUT2D eigenvalue weighted by Crippen LogP contribution is -1.91. The van der Waals surface area contributed by atoms with Crippen molar-refractivity contribution in [2.75, 3.05) is 5.73 Å². The van der Waals surface area contributed by atoms with E-state index in [0.29, 0.717) is 0 Å². The van der Waals surface area contributed by atoms with Gasteiger partial charge in [-0.15, -0.1) is 11.3 Å². The molecule has 0 saturated carbocycles. The van der Waals surface area contributed by atoms with Crippen LogP contribution in [-0.4, -0.2) is 0 Å². The SMILES string of the molecule is Cc1ccc(-c2sc3ccc(N)c(-c4ccccc4)c3c2-c2ccc(C)cc2)cc1. The van der Waals surface area contributed by atoms with Crippen LogP contribution in [0.3, 0.4) is 0 Å². The molecule has 146 valence electrons. The fourth-order valence-electron chi connectivity index (χ4n) is 4.03. The minimum absolute atomic E-state index is 0.815. The molecule has 0 fully saturated rings. The first-order valence-corrected chi connectivity index (χ1v) is 11.0. The second-order valence-electron chi connectivity index (χ2n) is 7.81. The van der Waals surface area contributed by atoms with Crippen molar-refractivity contribution in [3.8, 4) is 32.7 Å². The zero-order chi connectivity index (χ0) is 20.7. The second kappa shape index (κ2) is 7.47. The fraction of sp³-hybridized carbons (Fsp3) is 0.0714. The first kappa shape index (κ1) is 18.7. The summed E-state index contributed by atoms with van der Waals surface area (Å²) in [5.74, 6) is 0. The normalized spacial score (nSPS) is 11.1. The first-order valence-electron chi connectivity index (χ1n) is 10.2. The molecule has 0 spiro atoms. The monoisotopic (exact) mass is 405 g/mol. The van der Waals surface area contributed by atoms with Crippen LogP contribution in [0.25, 0.3) is 42.8 Å². The molecule has 0 bridgehead atoms. The van der Waals surface area contributed by atoms with Crippen molar-refractivity contribution in [2.45, 2.75) is 13.8 Å². The van der Waals surface area contributed by atoms with E-state index >= 15 is 0 Å². The third-order valence-corrected chi connectivity index (χ3v) is 6.81. The van der Waals surface area contributed by atoms with E-state index in [2.05, 4.69) is 92.7 Å². The predicted octanol–water partition coefficient (Wildman–Crippen LogP) is 8.10. The Labute approximate surface area is 181 Å². The number of nitrogen functional groups attached to an aromatic ring is 1. The van der Waals surface area contributed by atoms with Crippen LogP contribution in [0.15, 0.2) is 91.0 Å². The highest BCUT2D eigenvalue weighted by Crippen LogP contribution is 2.49. The maximum atomic E-state index is 6.56. The molecule has 1 aromatic heterocycles. The Balaban J connectivity index is 1.90. The highest BCUT2D eigenvalue weighted by molar-refractivity contribution is 7.23. The number of thiophene rings is 1. The number of hydrogen-bond acceptors (Lipinski definition) is 2. The Morgan fingerprint density at radius 3 is 1.77 bits per heavy atom. The van der Waals surface area contributed by atoms with Crippen LogP contribution in [0.5, 0.6) is 0 Å². The van der Waals surface area contributed by atoms with Gasteiger partial charge < -0.3 is 5.73 Å². The van der Waals surface area contributed by atoms with Crippen molar-refractivity contribution in [3.05, 3.63) is 102 Å². The number of hydrogen-bond donors (Lipinski definition) is 1. The van der Waals surface area contributed by atoms with E-state index in [-0.39, 0.29) is 0 Å². The number of nitrogens with two attached hydrogens (primary N) is 1. The van der Waals surface area contributed by atoms with Gasteiger partial charge in [-0.05, 0) is 42.7 Å². The molecule has 0 saturated heterocycles. The summed E-state index contributed by atoms with van der Waals surface area (Å²) in [7, 11) is 0. The highest BCUT2D eigenvalue weighted by atomic mass is 32.1. The maximum absolute atomic E-state index is 6.56. The summed E-state index contributed by atoms with van der Waals surface area (Å²) in [5.41, 5.74) is 15.9. The van der Waals surface area contributed by atoms with Gasteiger partial charge in [0.1, 0.15) is 0 Å². The quantitative estimate of drug-likeness (QED) is 0.301. The third kappa shape index (κ3) is 3.20. The minimum Gasteiger partial charge on any atom is -0.398 e. The van der Waals surface area contributed by atoms with E-state index in [0.717, 1.165) is 16.8 Å². The molecule has 4 aromatic carbocycles. The van der Waals surface area contributed by atoms with E-state index in [1.807, 2.05) is 23.5 Å². The molecule has 2 heteroatoms. The largest absolute Gasteiger partial charge is 0.398 e. The van der Waals surface area contributed by atoms with Crippen molar-refractivity contribution < 1.29 is 0 Å². The molecular weight excluding hydrogens is 382 g/mol. The summed E-state index contributed by atoms with van der Waals surface area (Å²) in [6.07, 6.45) is 0. The number of rotatable bonds is 3. The highest BCUT2D eigenvalue weighted by Gasteiger charge is 2.20. The zero-order valence-corrected chi connectivity index (χ0v) is 18.0. The Morgan fingerprint density at radius 1 is 0.567 bits per heavy atom. The standard InChI is InChI=1S/C28H23NS/c1-18-8-12-21(13-9-18)26-27-24(30-28(26)22-14-10-19(2)11-15-22)17-16-23(29)25(27)20-6-4-3-5-7-20/h3-17H,29H2,1-2H3. The van der Waals surface area contributed by atoms with Crippen LogP contribution in [0, 0.1) is 13.8 Å². The molecule has 2 N–H and O–H groups in total. The van der Waals surface area contributed by atoms with Crippen LogP contribution in [0.2, 0.25) is 0 Å². The maximum Gasteiger partial charge on any atom is 0.0434 e. The molecule has 0 radical (unpaired) electrons. The van der Waals surface area contributed by atoms with Gasteiger partial charge in [-0.2, -0.15) is 0 Å². The molecular formula is C28H23NS. The van der Waals surface area contributed by atoms with Crippen LogP contribution in [0.1, 0.15) is 11.1 Å². The number of aryl methyl sites for hydroxylation is 2. The number of fused-ring (bicyclic) bond motifs is 1. The third-order valence-electron chi connectivity index (χ3n) is 5.60. The van der Waals surface area contributed by atoms with Gasteiger partial charge in [-0.1, -0.05) is 90.0 Å². The van der Waals surface area contributed by atoms with Crippen molar-refractivity contribution in [1.29, 1.82) is 0 Å². The lowest BCUT2D eigenvalue weighted by atomic mass is 9.92. The minimum atomic E-state index is 0.815. The van der Waals surface area contributed by atoms with Crippen LogP contribution in [-0.2, 0) is 0 Å². The van der Waals surface area contributed by atoms with Crippen LogP contribution >= 0.6 is 11.3 Å². The molecule has 0 amide bonds. The van der Waals surface area contributed by atoms with Gasteiger partial charge in [-0.25, -0.2) is 0 Å². The van der Waals surface area contributed by atoms with Gasteiger partial charge in [0, 0.05) is 31.8 Å². The summed E-state index contributed by atoms with van der Waals surface area (Å²) >= 11 is 1.84. The molecule has 0 aliphatic rings. The summed E-state index contributed by atoms with van der Waals surface area (Å²) in [6, 6.07) is 32.3. The van der Waals surface area contributed by atoms with Crippen LogP contribution < -0.4 is 5.73 Å². The van der Waals surface area contributed by atoms with Gasteiger partial charge in [0.15, 0.2) is 0 Å². The van der Waals surface area contributed by atoms with Crippen molar-refractivity contribution in [3.63, 3.8) is 0 Å². The Kier molecular flexibility index (Phi) is 4.65. The van der Waals surface area contributed by atoms with E-state index in [9.17, 15) is 0 Å². The predicted molar refractivity (Wildman–Crippen MR) is 132 cm³/mol. The van der Waals surface area contributed by atoms with Crippen molar-refractivity contribution in [1.82, 2.24) is 0 Å². The molecule has 0 atom stereocenters. The number of benzene rings is 4. The smallest absolute Gasteiger partial charge is 0.0434 e. The van der Waals surface area contributed by atoms with Gasteiger partial charge >= 0.3 is 0 Å². The van der Waals surface area contributed by atoms with Gasteiger partial charge in [-0.3, -0.25) is 0 Å². The summed E-state index contributed by atoms with van der Waals surface area (Å²) < 4.78 is 1.26. The molecule has 30 heavy (non-hydrogen) atoms. The lowest BCUT2D eigenvalue weighted by molar-refractivity contribution is 1.47. The van der Waals surface area contributed by atoms with E-state index < -0.39 is 0 Å². The molecule has 1 heterocycles. The molecule has 0 aliphatic heterocycles.